The Balaban J connectivity index is 2.78. The van der Waals surface area contributed by atoms with Crippen LogP contribution >= 0.6 is 0 Å². The van der Waals surface area contributed by atoms with Crippen LogP contribution in [0.2, 0.25) is 0 Å². The van der Waals surface area contributed by atoms with Gasteiger partial charge in [-0.15, -0.1) is 0 Å². The van der Waals surface area contributed by atoms with Gasteiger partial charge in [-0.3, -0.25) is 0 Å². The topological polar surface area (TPSA) is 73.7 Å². The van der Waals surface area contributed by atoms with E-state index in [-0.39, 0.29) is 6.03 Å². The number of anilines is 1. The van der Waals surface area contributed by atoms with Crippen LogP contribution in [0.15, 0.2) is 29.4 Å². The number of nitrogens with one attached hydrogen (secondary N) is 2. The van der Waals surface area contributed by atoms with Crippen molar-refractivity contribution < 1.29 is 10.0 Å². The number of urea groups is 1. The lowest BCUT2D eigenvalue weighted by molar-refractivity contribution is 0.254. The minimum atomic E-state index is -0.289. The van der Waals surface area contributed by atoms with Gasteiger partial charge in [0.2, 0.25) is 0 Å². The summed E-state index contributed by atoms with van der Waals surface area (Å²) < 4.78 is 0. The molecule has 0 saturated carbocycles. The van der Waals surface area contributed by atoms with Gasteiger partial charge in [0.15, 0.2) is 0 Å². The Kier molecular flexibility index (Phi) is 3.49. The van der Waals surface area contributed by atoms with E-state index in [4.69, 9.17) is 5.21 Å². The summed E-state index contributed by atoms with van der Waals surface area (Å²) in [5.74, 6) is 0. The summed E-state index contributed by atoms with van der Waals surface area (Å²) in [6.07, 6.45) is 1.29. The van der Waals surface area contributed by atoms with Crippen LogP contribution in [0.4, 0.5) is 10.5 Å². The number of carbonyl (C=O) groups is 1. The Morgan fingerprint density at radius 3 is 3.00 bits per heavy atom. The highest BCUT2D eigenvalue weighted by molar-refractivity contribution is 5.90. The van der Waals surface area contributed by atoms with Gasteiger partial charge in [-0.05, 0) is 17.7 Å². The highest BCUT2D eigenvalue weighted by atomic mass is 16.4. The normalized spacial score (nSPS) is 10.1. The molecule has 0 aliphatic heterocycles. The van der Waals surface area contributed by atoms with E-state index < -0.39 is 0 Å². The van der Waals surface area contributed by atoms with Gasteiger partial charge in [-0.1, -0.05) is 17.3 Å². The molecule has 0 spiro atoms. The van der Waals surface area contributed by atoms with Crippen molar-refractivity contribution in [3.8, 4) is 0 Å². The van der Waals surface area contributed by atoms with Crippen molar-refractivity contribution in [3.63, 3.8) is 0 Å². The smallest absolute Gasteiger partial charge is 0.318 e. The molecular formula is C9H11N3O2. The minimum absolute atomic E-state index is 0.289. The Morgan fingerprint density at radius 2 is 2.36 bits per heavy atom. The number of oxime groups is 1. The van der Waals surface area contributed by atoms with Crippen LogP contribution < -0.4 is 10.6 Å². The van der Waals surface area contributed by atoms with E-state index in [0.717, 1.165) is 0 Å². The van der Waals surface area contributed by atoms with Crippen LogP contribution in [0.1, 0.15) is 5.56 Å². The van der Waals surface area contributed by atoms with Crippen LogP contribution in [0.5, 0.6) is 0 Å². The molecule has 5 heteroatoms. The molecule has 74 valence electrons. The zero-order valence-corrected chi connectivity index (χ0v) is 7.69. The lowest BCUT2D eigenvalue weighted by atomic mass is 10.2. The first-order valence-electron chi connectivity index (χ1n) is 4.02. The molecule has 1 aromatic carbocycles. The first kappa shape index (κ1) is 10.0. The van der Waals surface area contributed by atoms with E-state index in [1.807, 2.05) is 0 Å². The molecule has 0 aromatic heterocycles. The second-order valence-corrected chi connectivity index (χ2v) is 2.57. The number of carbonyl (C=O) groups excluding carboxylic acids is 1. The predicted octanol–water partition coefficient (Wildman–Crippen LogP) is 1.25. The van der Waals surface area contributed by atoms with Gasteiger partial charge in [0, 0.05) is 12.7 Å². The standard InChI is InChI=1S/C9H11N3O2/c1-10-9(13)12-8-4-2-3-7(5-8)6-11-14/h2-6,14H,1H3,(H2,10,12,13)/b11-6+. The van der Waals surface area contributed by atoms with Gasteiger partial charge in [0.05, 0.1) is 6.21 Å². The summed E-state index contributed by atoms with van der Waals surface area (Å²) in [5.41, 5.74) is 1.35. The van der Waals surface area contributed by atoms with E-state index in [1.54, 1.807) is 24.3 Å². The molecule has 0 fully saturated rings. The van der Waals surface area contributed by atoms with Crippen molar-refractivity contribution in [1.29, 1.82) is 0 Å². The fraction of sp³-hybridized carbons (Fsp3) is 0.111. The van der Waals surface area contributed by atoms with E-state index in [0.29, 0.717) is 11.3 Å². The number of amides is 2. The van der Waals surface area contributed by atoms with Gasteiger partial charge in [0.25, 0.3) is 0 Å². The van der Waals surface area contributed by atoms with Gasteiger partial charge in [-0.2, -0.15) is 0 Å². The summed E-state index contributed by atoms with van der Waals surface area (Å²) in [7, 11) is 1.54. The third kappa shape index (κ3) is 2.78. The molecule has 14 heavy (non-hydrogen) atoms. The van der Waals surface area contributed by atoms with E-state index in [2.05, 4.69) is 15.8 Å². The molecule has 0 saturated heterocycles. The van der Waals surface area contributed by atoms with Gasteiger partial charge in [-0.25, -0.2) is 4.79 Å². The van der Waals surface area contributed by atoms with Crippen molar-refractivity contribution in [3.05, 3.63) is 29.8 Å². The molecule has 0 bridgehead atoms. The zero-order chi connectivity index (χ0) is 10.4. The van der Waals surface area contributed by atoms with E-state index >= 15 is 0 Å². The maximum Gasteiger partial charge on any atom is 0.318 e. The maximum absolute atomic E-state index is 10.9. The SMILES string of the molecule is CNC(=O)Nc1cccc(/C=N/O)c1. The summed E-state index contributed by atoms with van der Waals surface area (Å²) in [4.78, 5) is 10.9. The first-order valence-corrected chi connectivity index (χ1v) is 4.02. The molecule has 3 N–H and O–H groups in total. The lowest BCUT2D eigenvalue weighted by Crippen LogP contribution is -2.24. The first-order chi connectivity index (χ1) is 6.76. The molecule has 0 aliphatic carbocycles. The number of hydrogen-bond donors (Lipinski definition) is 3. The predicted molar refractivity (Wildman–Crippen MR) is 53.9 cm³/mol. The van der Waals surface area contributed by atoms with Crippen molar-refractivity contribution in [2.75, 3.05) is 12.4 Å². The van der Waals surface area contributed by atoms with Crippen LogP contribution in [-0.4, -0.2) is 24.5 Å². The quantitative estimate of drug-likeness (QED) is 0.375. The minimum Gasteiger partial charge on any atom is -0.411 e. The highest BCUT2D eigenvalue weighted by Gasteiger charge is 1.98. The van der Waals surface area contributed by atoms with Gasteiger partial charge < -0.3 is 15.8 Å². The Hall–Kier alpha value is -2.04. The van der Waals surface area contributed by atoms with Crippen LogP contribution in [0.3, 0.4) is 0 Å². The zero-order valence-electron chi connectivity index (χ0n) is 7.69. The molecule has 5 nitrogen and oxygen atoms in total. The molecule has 0 unspecified atom stereocenters. The summed E-state index contributed by atoms with van der Waals surface area (Å²) in [6, 6.07) is 6.65. The molecule has 0 atom stereocenters. The average Bonchev–Trinajstić information content (AvgIpc) is 2.19. The second-order valence-electron chi connectivity index (χ2n) is 2.57. The van der Waals surface area contributed by atoms with E-state index in [1.165, 1.54) is 13.3 Å². The van der Waals surface area contributed by atoms with Gasteiger partial charge in [0.1, 0.15) is 0 Å². The molecule has 1 rings (SSSR count). The number of benzene rings is 1. The monoisotopic (exact) mass is 193 g/mol. The van der Waals surface area contributed by atoms with Crippen molar-refractivity contribution in [2.24, 2.45) is 5.16 Å². The fourth-order valence-corrected chi connectivity index (χ4v) is 0.957. The van der Waals surface area contributed by atoms with Crippen molar-refractivity contribution in [1.82, 2.24) is 5.32 Å². The van der Waals surface area contributed by atoms with E-state index in [9.17, 15) is 4.79 Å². The van der Waals surface area contributed by atoms with Gasteiger partial charge >= 0.3 is 6.03 Å². The number of rotatable bonds is 2. The Bertz CT molecular complexity index is 350. The third-order valence-corrected chi connectivity index (χ3v) is 1.58. The Labute approximate surface area is 81.4 Å². The summed E-state index contributed by atoms with van der Waals surface area (Å²) >= 11 is 0. The lowest BCUT2D eigenvalue weighted by Gasteiger charge is -2.04. The average molecular weight is 193 g/mol. The maximum atomic E-state index is 10.9. The molecule has 1 aromatic rings. The van der Waals surface area contributed by atoms with Crippen molar-refractivity contribution >= 4 is 17.9 Å². The highest BCUT2D eigenvalue weighted by Crippen LogP contribution is 2.08. The largest absolute Gasteiger partial charge is 0.411 e. The molecule has 2 amide bonds. The number of nitrogens with zero attached hydrogens (tertiary/aromatic N) is 1. The number of hydrogen-bond acceptors (Lipinski definition) is 3. The molecule has 0 heterocycles. The Morgan fingerprint density at radius 1 is 1.57 bits per heavy atom. The molecule has 0 radical (unpaired) electrons. The third-order valence-electron chi connectivity index (χ3n) is 1.58. The summed E-state index contributed by atoms with van der Waals surface area (Å²) in [6.45, 7) is 0. The fourth-order valence-electron chi connectivity index (χ4n) is 0.957. The molecule has 0 aliphatic rings. The molecular weight excluding hydrogens is 182 g/mol. The van der Waals surface area contributed by atoms with Crippen LogP contribution in [-0.2, 0) is 0 Å². The second kappa shape index (κ2) is 4.86. The van der Waals surface area contributed by atoms with Crippen molar-refractivity contribution in [2.45, 2.75) is 0 Å². The van der Waals surface area contributed by atoms with Crippen LogP contribution in [0, 0.1) is 0 Å². The van der Waals surface area contributed by atoms with Crippen LogP contribution in [0.25, 0.3) is 0 Å². The summed E-state index contributed by atoms with van der Waals surface area (Å²) in [5, 5.41) is 16.2.